The first-order valence-corrected chi connectivity index (χ1v) is 8.05. The molecule has 8 heteroatoms. The Labute approximate surface area is 128 Å². The third-order valence-corrected chi connectivity index (χ3v) is 4.68. The molecular formula is C13H15ClN4O2S. The second-order valence-electron chi connectivity index (χ2n) is 4.38. The molecule has 0 bridgehead atoms. The van der Waals surface area contributed by atoms with E-state index >= 15 is 0 Å². The quantitative estimate of drug-likeness (QED) is 0.880. The maximum absolute atomic E-state index is 12.3. The van der Waals surface area contributed by atoms with Crippen LogP contribution in [-0.4, -0.2) is 25.4 Å². The standard InChI is InChI=1S/C13H15ClN4O2S/c1-9(10-4-3-5-16-7-10)18-21(19,20)11-6-12(14)13(15-2)17-8-11/h3-9,18H,1-2H3,(H,15,17). The van der Waals surface area contributed by atoms with Crippen molar-refractivity contribution in [2.75, 3.05) is 12.4 Å². The number of halogens is 1. The molecule has 0 amide bonds. The highest BCUT2D eigenvalue weighted by Gasteiger charge is 2.20. The second kappa shape index (κ2) is 6.38. The fourth-order valence-electron chi connectivity index (χ4n) is 1.75. The number of nitrogens with one attached hydrogen (secondary N) is 2. The molecule has 0 radical (unpaired) electrons. The largest absolute Gasteiger partial charge is 0.372 e. The van der Waals surface area contributed by atoms with Gasteiger partial charge in [0.2, 0.25) is 10.0 Å². The van der Waals surface area contributed by atoms with Crippen molar-refractivity contribution in [1.82, 2.24) is 14.7 Å². The maximum Gasteiger partial charge on any atom is 0.242 e. The topological polar surface area (TPSA) is 84.0 Å². The highest BCUT2D eigenvalue weighted by molar-refractivity contribution is 7.89. The van der Waals surface area contributed by atoms with Crippen LogP contribution in [0, 0.1) is 0 Å². The average molecular weight is 327 g/mol. The highest BCUT2D eigenvalue weighted by atomic mass is 35.5. The minimum atomic E-state index is -3.71. The summed E-state index contributed by atoms with van der Waals surface area (Å²) in [6.07, 6.45) is 4.50. The van der Waals surface area contributed by atoms with Crippen LogP contribution >= 0.6 is 11.6 Å². The van der Waals surface area contributed by atoms with E-state index in [0.29, 0.717) is 5.82 Å². The Morgan fingerprint density at radius 2 is 2.10 bits per heavy atom. The lowest BCUT2D eigenvalue weighted by Gasteiger charge is -2.14. The molecule has 1 atom stereocenters. The predicted octanol–water partition coefficient (Wildman–Crippen LogP) is 2.21. The molecule has 2 heterocycles. The minimum absolute atomic E-state index is 0.0160. The van der Waals surface area contributed by atoms with Crippen LogP contribution in [0.2, 0.25) is 5.02 Å². The van der Waals surface area contributed by atoms with Gasteiger partial charge < -0.3 is 5.32 Å². The molecule has 0 saturated heterocycles. The molecule has 112 valence electrons. The minimum Gasteiger partial charge on any atom is -0.372 e. The number of aromatic nitrogens is 2. The van der Waals surface area contributed by atoms with Crippen molar-refractivity contribution < 1.29 is 8.42 Å². The fraction of sp³-hybridized carbons (Fsp3) is 0.231. The lowest BCUT2D eigenvalue weighted by atomic mass is 10.2. The van der Waals surface area contributed by atoms with Crippen LogP contribution in [0.5, 0.6) is 0 Å². The van der Waals surface area contributed by atoms with Gasteiger partial charge in [0.15, 0.2) is 0 Å². The summed E-state index contributed by atoms with van der Waals surface area (Å²) >= 11 is 5.96. The number of pyridine rings is 2. The smallest absolute Gasteiger partial charge is 0.242 e. The van der Waals surface area contributed by atoms with Gasteiger partial charge in [-0.2, -0.15) is 0 Å². The summed E-state index contributed by atoms with van der Waals surface area (Å²) in [4.78, 5) is 7.95. The van der Waals surface area contributed by atoms with Gasteiger partial charge in [-0.05, 0) is 24.6 Å². The lowest BCUT2D eigenvalue weighted by molar-refractivity contribution is 0.566. The van der Waals surface area contributed by atoms with Crippen molar-refractivity contribution in [3.63, 3.8) is 0 Å². The normalized spacial score (nSPS) is 12.9. The van der Waals surface area contributed by atoms with E-state index in [2.05, 4.69) is 20.0 Å². The predicted molar refractivity (Wildman–Crippen MR) is 81.8 cm³/mol. The van der Waals surface area contributed by atoms with Gasteiger partial charge in [-0.1, -0.05) is 17.7 Å². The van der Waals surface area contributed by atoms with Crippen molar-refractivity contribution in [2.45, 2.75) is 17.9 Å². The van der Waals surface area contributed by atoms with Gasteiger partial charge in [0.1, 0.15) is 10.7 Å². The van der Waals surface area contributed by atoms with Crippen LogP contribution in [0.3, 0.4) is 0 Å². The van der Waals surface area contributed by atoms with Crippen LogP contribution in [0.15, 0.2) is 41.7 Å². The molecule has 0 aliphatic carbocycles. The molecule has 0 spiro atoms. The Kier molecular flexibility index (Phi) is 4.76. The van der Waals surface area contributed by atoms with Gasteiger partial charge in [-0.3, -0.25) is 4.98 Å². The zero-order chi connectivity index (χ0) is 15.5. The number of hydrogen-bond acceptors (Lipinski definition) is 5. The molecule has 0 aromatic carbocycles. The van der Waals surface area contributed by atoms with E-state index < -0.39 is 16.1 Å². The highest BCUT2D eigenvalue weighted by Crippen LogP contribution is 2.23. The molecular weight excluding hydrogens is 312 g/mol. The zero-order valence-electron chi connectivity index (χ0n) is 11.5. The molecule has 21 heavy (non-hydrogen) atoms. The van der Waals surface area contributed by atoms with Crippen LogP contribution in [-0.2, 0) is 10.0 Å². The number of nitrogens with zero attached hydrogens (tertiary/aromatic N) is 2. The van der Waals surface area contributed by atoms with E-state index in [1.165, 1.54) is 12.3 Å². The summed E-state index contributed by atoms with van der Waals surface area (Å²) in [6.45, 7) is 1.74. The van der Waals surface area contributed by atoms with E-state index in [9.17, 15) is 8.42 Å². The Bertz CT molecular complexity index is 722. The third-order valence-electron chi connectivity index (χ3n) is 2.88. The maximum atomic E-state index is 12.3. The summed E-state index contributed by atoms with van der Waals surface area (Å²) in [7, 11) is -2.05. The van der Waals surface area contributed by atoms with Crippen molar-refractivity contribution >= 4 is 27.4 Å². The molecule has 0 aliphatic rings. The number of rotatable bonds is 5. The van der Waals surface area contributed by atoms with Crippen LogP contribution in [0.4, 0.5) is 5.82 Å². The Balaban J connectivity index is 2.24. The summed E-state index contributed by atoms with van der Waals surface area (Å²) in [5.74, 6) is 0.427. The molecule has 2 aromatic heterocycles. The molecule has 0 saturated carbocycles. The summed E-state index contributed by atoms with van der Waals surface area (Å²) in [6, 6.07) is 4.50. The van der Waals surface area contributed by atoms with Gasteiger partial charge >= 0.3 is 0 Å². The Hall–Kier alpha value is -1.70. The molecule has 0 aliphatic heterocycles. The summed E-state index contributed by atoms with van der Waals surface area (Å²) < 4.78 is 27.2. The average Bonchev–Trinajstić information content (AvgIpc) is 2.47. The first-order valence-electron chi connectivity index (χ1n) is 6.19. The van der Waals surface area contributed by atoms with Crippen LogP contribution in [0.25, 0.3) is 0 Å². The van der Waals surface area contributed by atoms with Gasteiger partial charge in [0.25, 0.3) is 0 Å². The number of hydrogen-bond donors (Lipinski definition) is 2. The van der Waals surface area contributed by atoms with E-state index in [4.69, 9.17) is 11.6 Å². The zero-order valence-corrected chi connectivity index (χ0v) is 13.1. The van der Waals surface area contributed by atoms with E-state index in [0.717, 1.165) is 5.56 Å². The van der Waals surface area contributed by atoms with E-state index in [1.807, 2.05) is 0 Å². The number of anilines is 1. The van der Waals surface area contributed by atoms with Crippen molar-refractivity contribution in [1.29, 1.82) is 0 Å². The monoisotopic (exact) mass is 326 g/mol. The molecule has 2 rings (SSSR count). The van der Waals surface area contributed by atoms with E-state index in [-0.39, 0.29) is 9.92 Å². The second-order valence-corrected chi connectivity index (χ2v) is 6.50. The van der Waals surface area contributed by atoms with Crippen LogP contribution in [0.1, 0.15) is 18.5 Å². The molecule has 2 N–H and O–H groups in total. The lowest BCUT2D eigenvalue weighted by Crippen LogP contribution is -2.27. The van der Waals surface area contributed by atoms with Gasteiger partial charge in [0.05, 0.1) is 5.02 Å². The summed E-state index contributed by atoms with van der Waals surface area (Å²) in [5.41, 5.74) is 0.770. The molecule has 0 fully saturated rings. The molecule has 6 nitrogen and oxygen atoms in total. The van der Waals surface area contributed by atoms with Gasteiger partial charge in [0, 0.05) is 31.7 Å². The van der Waals surface area contributed by atoms with Crippen molar-refractivity contribution in [3.05, 3.63) is 47.4 Å². The first-order chi connectivity index (χ1) is 9.94. The number of sulfonamides is 1. The fourth-order valence-corrected chi connectivity index (χ4v) is 3.28. The van der Waals surface area contributed by atoms with Gasteiger partial charge in [-0.25, -0.2) is 18.1 Å². The molecule has 1 unspecified atom stereocenters. The van der Waals surface area contributed by atoms with E-state index in [1.54, 1.807) is 38.5 Å². The third kappa shape index (κ3) is 3.69. The Morgan fingerprint density at radius 1 is 1.33 bits per heavy atom. The first kappa shape index (κ1) is 15.7. The Morgan fingerprint density at radius 3 is 2.67 bits per heavy atom. The van der Waals surface area contributed by atoms with Gasteiger partial charge in [-0.15, -0.1) is 0 Å². The van der Waals surface area contributed by atoms with Crippen molar-refractivity contribution in [3.8, 4) is 0 Å². The molecule has 2 aromatic rings. The van der Waals surface area contributed by atoms with Crippen molar-refractivity contribution in [2.24, 2.45) is 0 Å². The SMILES string of the molecule is CNc1ncc(S(=O)(=O)NC(C)c2cccnc2)cc1Cl. The summed E-state index contributed by atoms with van der Waals surface area (Å²) in [5, 5.41) is 3.02. The van der Waals surface area contributed by atoms with Crippen LogP contribution < -0.4 is 10.0 Å².